The Hall–Kier alpha value is -0.220. The van der Waals surface area contributed by atoms with Gasteiger partial charge in [-0.25, -0.2) is 0 Å². The fourth-order valence-corrected chi connectivity index (χ4v) is 2.88. The van der Waals surface area contributed by atoms with Crippen LogP contribution in [0.25, 0.3) is 0 Å². The van der Waals surface area contributed by atoms with Crippen molar-refractivity contribution in [2.75, 3.05) is 11.5 Å². The predicted molar refractivity (Wildman–Crippen MR) is 70.5 cm³/mol. The van der Waals surface area contributed by atoms with Gasteiger partial charge in [-0.3, -0.25) is 10.1 Å². The molecule has 4 heteroatoms. The van der Waals surface area contributed by atoms with Crippen molar-refractivity contribution in [2.24, 2.45) is 5.92 Å². The molecule has 1 saturated heterocycles. The second kappa shape index (κ2) is 5.92. The molecule has 0 aromatic heterocycles. The van der Waals surface area contributed by atoms with E-state index in [1.165, 1.54) is 0 Å². The first-order valence-corrected chi connectivity index (χ1v) is 7.30. The van der Waals surface area contributed by atoms with Crippen LogP contribution >= 0.6 is 11.8 Å². The third kappa shape index (κ3) is 2.92. The summed E-state index contributed by atoms with van der Waals surface area (Å²) in [6.07, 6.45) is 0.204. The largest absolute Gasteiger partial charge is 0.322 e. The van der Waals surface area contributed by atoms with Gasteiger partial charge in [0.1, 0.15) is 0 Å². The fraction of sp³-hybridized carbons (Fsp3) is 0.917. The maximum atomic E-state index is 12.1. The summed E-state index contributed by atoms with van der Waals surface area (Å²) in [5, 5.41) is 3.38. The zero-order valence-electron chi connectivity index (χ0n) is 11.0. The monoisotopic (exact) mass is 244 g/mol. The third-order valence-corrected chi connectivity index (χ3v) is 4.14. The molecule has 0 spiro atoms. The second-order valence-corrected chi connectivity index (χ2v) is 6.15. The number of rotatable bonds is 5. The van der Waals surface area contributed by atoms with Crippen molar-refractivity contribution in [3.05, 3.63) is 0 Å². The van der Waals surface area contributed by atoms with E-state index >= 15 is 0 Å². The van der Waals surface area contributed by atoms with E-state index in [4.69, 9.17) is 0 Å². The lowest BCUT2D eigenvalue weighted by Crippen LogP contribution is -2.47. The Bertz CT molecular complexity index is 245. The normalized spacial score (nSPS) is 27.9. The number of hydrogen-bond acceptors (Lipinski definition) is 3. The van der Waals surface area contributed by atoms with Crippen LogP contribution in [0.5, 0.6) is 0 Å². The van der Waals surface area contributed by atoms with E-state index in [2.05, 4.69) is 33.0 Å². The second-order valence-electron chi connectivity index (χ2n) is 4.83. The molecule has 0 aromatic rings. The van der Waals surface area contributed by atoms with E-state index in [1.807, 2.05) is 23.6 Å². The van der Waals surface area contributed by atoms with Crippen molar-refractivity contribution in [2.45, 2.75) is 52.9 Å². The number of nitrogens with one attached hydrogen (secondary N) is 1. The van der Waals surface area contributed by atoms with Crippen LogP contribution < -0.4 is 5.32 Å². The smallest absolute Gasteiger partial charge is 0.241 e. The van der Waals surface area contributed by atoms with Crippen molar-refractivity contribution in [1.82, 2.24) is 10.2 Å². The highest BCUT2D eigenvalue weighted by atomic mass is 32.2. The van der Waals surface area contributed by atoms with Gasteiger partial charge in [0.05, 0.1) is 12.2 Å². The van der Waals surface area contributed by atoms with Crippen LogP contribution in [0.3, 0.4) is 0 Å². The molecule has 1 N–H and O–H groups in total. The van der Waals surface area contributed by atoms with Gasteiger partial charge in [-0.2, -0.15) is 11.8 Å². The summed E-state index contributed by atoms with van der Waals surface area (Å²) in [7, 11) is 0. The summed E-state index contributed by atoms with van der Waals surface area (Å²) in [4.78, 5) is 14.1. The number of amides is 1. The van der Waals surface area contributed by atoms with Crippen molar-refractivity contribution in [3.8, 4) is 0 Å². The third-order valence-electron chi connectivity index (χ3n) is 3.01. The first-order valence-electron chi connectivity index (χ1n) is 6.15. The zero-order valence-corrected chi connectivity index (χ0v) is 11.8. The molecule has 94 valence electrons. The van der Waals surface area contributed by atoms with Crippen LogP contribution in [0, 0.1) is 5.92 Å². The number of carbonyl (C=O) groups is 1. The molecular formula is C12H24N2OS. The van der Waals surface area contributed by atoms with Gasteiger partial charge < -0.3 is 4.90 Å². The predicted octanol–water partition coefficient (Wildman–Crippen LogP) is 1.93. The van der Waals surface area contributed by atoms with Crippen LogP contribution in [0.2, 0.25) is 0 Å². The summed E-state index contributed by atoms with van der Waals surface area (Å²) in [5.41, 5.74) is 0. The number of nitrogens with zero attached hydrogens (tertiary/aromatic N) is 1. The lowest BCUT2D eigenvalue weighted by molar-refractivity contribution is -0.131. The van der Waals surface area contributed by atoms with E-state index in [1.54, 1.807) is 0 Å². The van der Waals surface area contributed by atoms with Gasteiger partial charge in [0.2, 0.25) is 5.91 Å². The van der Waals surface area contributed by atoms with Crippen LogP contribution in [0.1, 0.15) is 34.6 Å². The minimum Gasteiger partial charge on any atom is -0.322 e. The lowest BCUT2D eigenvalue weighted by atomic mass is 10.1. The van der Waals surface area contributed by atoms with Gasteiger partial charge in [0.25, 0.3) is 0 Å². The summed E-state index contributed by atoms with van der Waals surface area (Å²) < 4.78 is 0. The van der Waals surface area contributed by atoms with Crippen LogP contribution in [-0.4, -0.2) is 40.6 Å². The highest BCUT2D eigenvalue weighted by Gasteiger charge is 2.39. The van der Waals surface area contributed by atoms with Crippen molar-refractivity contribution in [1.29, 1.82) is 0 Å². The Kier molecular flexibility index (Phi) is 5.12. The van der Waals surface area contributed by atoms with Crippen LogP contribution in [-0.2, 0) is 4.79 Å². The number of thioether (sulfide) groups is 1. The van der Waals surface area contributed by atoms with Crippen LogP contribution in [0.15, 0.2) is 0 Å². The highest BCUT2D eigenvalue weighted by Crippen LogP contribution is 2.22. The lowest BCUT2D eigenvalue weighted by Gasteiger charge is -2.32. The van der Waals surface area contributed by atoms with Gasteiger partial charge >= 0.3 is 0 Å². The topological polar surface area (TPSA) is 32.3 Å². The average molecular weight is 244 g/mol. The quantitative estimate of drug-likeness (QED) is 0.802. The minimum absolute atomic E-state index is 0.0264. The van der Waals surface area contributed by atoms with Gasteiger partial charge in [-0.1, -0.05) is 20.8 Å². The van der Waals surface area contributed by atoms with Gasteiger partial charge in [0.15, 0.2) is 0 Å². The fourth-order valence-electron chi connectivity index (χ4n) is 2.14. The maximum Gasteiger partial charge on any atom is 0.241 e. The Morgan fingerprint density at radius 1 is 1.44 bits per heavy atom. The zero-order chi connectivity index (χ0) is 12.3. The molecule has 0 bridgehead atoms. The molecule has 1 amide bonds. The summed E-state index contributed by atoms with van der Waals surface area (Å²) in [5.74, 6) is 2.85. The number of hydrogen-bond donors (Lipinski definition) is 1. The van der Waals surface area contributed by atoms with E-state index < -0.39 is 0 Å². The molecule has 0 radical (unpaired) electrons. The van der Waals surface area contributed by atoms with Gasteiger partial charge in [-0.05, 0) is 25.5 Å². The molecule has 1 aliphatic rings. The SMILES string of the molecule is CCSCC(C)N1C(=O)C(C)NC1C(C)C. The van der Waals surface area contributed by atoms with E-state index in [-0.39, 0.29) is 18.1 Å². The molecule has 1 fully saturated rings. The maximum absolute atomic E-state index is 12.1. The van der Waals surface area contributed by atoms with Crippen molar-refractivity contribution >= 4 is 17.7 Å². The Morgan fingerprint density at radius 3 is 2.56 bits per heavy atom. The molecule has 1 aliphatic heterocycles. The molecular weight excluding hydrogens is 220 g/mol. The molecule has 0 aliphatic carbocycles. The standard InChI is InChI=1S/C12H24N2OS/c1-6-16-7-9(4)14-11(8(2)3)13-10(5)12(14)15/h8-11,13H,6-7H2,1-5H3. The van der Waals surface area contributed by atoms with E-state index in [0.29, 0.717) is 12.0 Å². The Balaban J connectivity index is 2.69. The molecule has 3 atom stereocenters. The molecule has 0 aromatic carbocycles. The van der Waals surface area contributed by atoms with Crippen LogP contribution in [0.4, 0.5) is 0 Å². The summed E-state index contributed by atoms with van der Waals surface area (Å²) >= 11 is 1.90. The number of carbonyl (C=O) groups excluding carboxylic acids is 1. The van der Waals surface area contributed by atoms with E-state index in [9.17, 15) is 4.79 Å². The molecule has 1 heterocycles. The first-order chi connectivity index (χ1) is 7.49. The highest BCUT2D eigenvalue weighted by molar-refractivity contribution is 7.99. The molecule has 0 saturated carbocycles. The molecule has 1 rings (SSSR count). The summed E-state index contributed by atoms with van der Waals surface area (Å²) in [6.45, 7) is 10.6. The minimum atomic E-state index is -0.0264. The van der Waals surface area contributed by atoms with E-state index in [0.717, 1.165) is 11.5 Å². The van der Waals surface area contributed by atoms with Crippen molar-refractivity contribution in [3.63, 3.8) is 0 Å². The van der Waals surface area contributed by atoms with Gasteiger partial charge in [-0.15, -0.1) is 0 Å². The summed E-state index contributed by atoms with van der Waals surface area (Å²) in [6, 6.07) is 0.295. The average Bonchev–Trinajstić information content (AvgIpc) is 2.52. The van der Waals surface area contributed by atoms with Crippen molar-refractivity contribution < 1.29 is 4.79 Å². The Labute approximate surface area is 103 Å². The van der Waals surface area contributed by atoms with Gasteiger partial charge in [0, 0.05) is 11.8 Å². The Morgan fingerprint density at radius 2 is 2.06 bits per heavy atom. The first kappa shape index (κ1) is 13.8. The molecule has 3 nitrogen and oxygen atoms in total. The molecule has 3 unspecified atom stereocenters. The molecule has 16 heavy (non-hydrogen) atoms.